The fourth-order valence-corrected chi connectivity index (χ4v) is 1.38. The molecule has 0 spiro atoms. The summed E-state index contributed by atoms with van der Waals surface area (Å²) in [5.41, 5.74) is 0. The minimum atomic E-state index is 0. The van der Waals surface area contributed by atoms with Gasteiger partial charge in [0.15, 0.2) is 0 Å². The van der Waals surface area contributed by atoms with Gasteiger partial charge in [-0.25, -0.2) is 0 Å². The molecule has 0 fully saturated rings. The Hall–Kier alpha value is 0.976. The molecule has 2 nitrogen and oxygen atoms in total. The summed E-state index contributed by atoms with van der Waals surface area (Å²) in [6.45, 7) is 8.60. The first-order valence-electron chi connectivity index (χ1n) is 5.74. The van der Waals surface area contributed by atoms with Crippen LogP contribution in [-0.2, 0) is 9.47 Å². The van der Waals surface area contributed by atoms with Crippen molar-refractivity contribution in [1.82, 2.24) is 0 Å². The second-order valence-electron chi connectivity index (χ2n) is 3.83. The van der Waals surface area contributed by atoms with E-state index in [0.29, 0.717) is 6.79 Å². The number of hydrogen-bond donors (Lipinski definition) is 0. The summed E-state index contributed by atoms with van der Waals surface area (Å²) in [5.74, 6) is 0.792. The molecule has 0 saturated heterocycles. The summed E-state index contributed by atoms with van der Waals surface area (Å²) in [5, 5.41) is 0. The first kappa shape index (κ1) is 22.2. The van der Waals surface area contributed by atoms with E-state index in [1.54, 1.807) is 0 Å². The standard InChI is InChI=1S/C12H25O2.ClH.Mg/c1-4-7-12(3)8-6-10-14-11-13-9-5-2;;/h4,12H,5-11H2,1-3H3;1H;/q-1;;+2/p-1. The van der Waals surface area contributed by atoms with Crippen LogP contribution in [0.15, 0.2) is 0 Å². The molecule has 0 amide bonds. The molecule has 0 N–H and O–H groups in total. The molecular formula is C12H25ClMgO2. The molecule has 4 heteroatoms. The second kappa shape index (κ2) is 18.3. The van der Waals surface area contributed by atoms with E-state index in [1.165, 1.54) is 12.8 Å². The van der Waals surface area contributed by atoms with Crippen molar-refractivity contribution in [3.63, 3.8) is 0 Å². The van der Waals surface area contributed by atoms with E-state index >= 15 is 0 Å². The summed E-state index contributed by atoms with van der Waals surface area (Å²) in [6, 6.07) is 0. The predicted molar refractivity (Wildman–Crippen MR) is 65.8 cm³/mol. The summed E-state index contributed by atoms with van der Waals surface area (Å²) in [4.78, 5) is 0. The van der Waals surface area contributed by atoms with Crippen molar-refractivity contribution in [3.05, 3.63) is 6.42 Å². The maximum Gasteiger partial charge on any atom is 2.00 e. The van der Waals surface area contributed by atoms with E-state index in [-0.39, 0.29) is 35.5 Å². The van der Waals surface area contributed by atoms with Crippen molar-refractivity contribution >= 4 is 23.1 Å². The second-order valence-corrected chi connectivity index (χ2v) is 3.83. The molecule has 16 heavy (non-hydrogen) atoms. The average Bonchev–Trinajstić information content (AvgIpc) is 2.17. The van der Waals surface area contributed by atoms with Crippen LogP contribution in [-0.4, -0.2) is 43.1 Å². The van der Waals surface area contributed by atoms with Crippen LogP contribution in [0.2, 0.25) is 0 Å². The number of halogens is 1. The molecule has 0 saturated carbocycles. The fraction of sp³-hybridized carbons (Fsp3) is 0.917. The van der Waals surface area contributed by atoms with Gasteiger partial charge < -0.3 is 28.3 Å². The summed E-state index contributed by atoms with van der Waals surface area (Å²) < 4.78 is 10.5. The zero-order valence-corrected chi connectivity index (χ0v) is 13.2. The Bertz CT molecular complexity index is 115. The van der Waals surface area contributed by atoms with Gasteiger partial charge in [0.25, 0.3) is 0 Å². The Labute approximate surface area is 123 Å². The summed E-state index contributed by atoms with van der Waals surface area (Å²) in [6.07, 6.45) is 6.90. The van der Waals surface area contributed by atoms with E-state index in [9.17, 15) is 0 Å². The van der Waals surface area contributed by atoms with Crippen LogP contribution >= 0.6 is 0 Å². The molecule has 0 rings (SSSR count). The molecule has 1 unspecified atom stereocenters. The Morgan fingerprint density at radius 3 is 2.38 bits per heavy atom. The minimum Gasteiger partial charge on any atom is -1.00 e. The van der Waals surface area contributed by atoms with Crippen molar-refractivity contribution in [2.24, 2.45) is 5.92 Å². The van der Waals surface area contributed by atoms with Crippen molar-refractivity contribution in [2.75, 3.05) is 20.0 Å². The quantitative estimate of drug-likeness (QED) is 0.239. The van der Waals surface area contributed by atoms with Crippen LogP contribution in [0.25, 0.3) is 0 Å². The third kappa shape index (κ3) is 17.4. The molecule has 0 bridgehead atoms. The van der Waals surface area contributed by atoms with Crippen LogP contribution in [0.4, 0.5) is 0 Å². The van der Waals surface area contributed by atoms with Gasteiger partial charge in [-0.2, -0.15) is 13.3 Å². The topological polar surface area (TPSA) is 18.5 Å². The van der Waals surface area contributed by atoms with Gasteiger partial charge in [0.2, 0.25) is 0 Å². The van der Waals surface area contributed by atoms with Crippen LogP contribution in [0, 0.1) is 12.3 Å². The Morgan fingerprint density at radius 2 is 1.81 bits per heavy atom. The van der Waals surface area contributed by atoms with Crippen LogP contribution in [0.3, 0.4) is 0 Å². The van der Waals surface area contributed by atoms with E-state index in [4.69, 9.17) is 9.47 Å². The van der Waals surface area contributed by atoms with Gasteiger partial charge >= 0.3 is 23.1 Å². The average molecular weight is 261 g/mol. The van der Waals surface area contributed by atoms with Crippen molar-refractivity contribution in [2.45, 2.75) is 46.5 Å². The van der Waals surface area contributed by atoms with Gasteiger partial charge in [-0.05, 0) is 12.8 Å². The zero-order chi connectivity index (χ0) is 10.6. The van der Waals surface area contributed by atoms with Gasteiger partial charge in [0, 0.05) is 13.2 Å². The van der Waals surface area contributed by atoms with Crippen LogP contribution < -0.4 is 12.4 Å². The molecule has 0 aliphatic carbocycles. The molecule has 0 aromatic carbocycles. The van der Waals surface area contributed by atoms with E-state index < -0.39 is 0 Å². The molecule has 0 aliphatic rings. The molecule has 0 aromatic heterocycles. The molecule has 0 aromatic rings. The van der Waals surface area contributed by atoms with E-state index in [1.807, 2.05) is 0 Å². The Morgan fingerprint density at radius 1 is 1.19 bits per heavy atom. The smallest absolute Gasteiger partial charge is 1.00 e. The number of hydrogen-bond acceptors (Lipinski definition) is 2. The van der Waals surface area contributed by atoms with Crippen LogP contribution in [0.5, 0.6) is 0 Å². The zero-order valence-electron chi connectivity index (χ0n) is 11.0. The molecule has 94 valence electrons. The van der Waals surface area contributed by atoms with Gasteiger partial charge in [0.05, 0.1) is 0 Å². The molecule has 0 heterocycles. The number of ether oxygens (including phenoxy) is 2. The van der Waals surface area contributed by atoms with Gasteiger partial charge in [-0.15, -0.1) is 0 Å². The monoisotopic (exact) mass is 260 g/mol. The summed E-state index contributed by atoms with van der Waals surface area (Å²) >= 11 is 0. The molecule has 1 atom stereocenters. The molecule has 0 aliphatic heterocycles. The third-order valence-corrected chi connectivity index (χ3v) is 2.14. The van der Waals surface area contributed by atoms with Crippen molar-refractivity contribution in [1.29, 1.82) is 0 Å². The first-order valence-corrected chi connectivity index (χ1v) is 5.74. The first-order chi connectivity index (χ1) is 6.81. The number of rotatable bonds is 10. The predicted octanol–water partition coefficient (Wildman–Crippen LogP) is 0.0409. The third-order valence-electron chi connectivity index (χ3n) is 2.14. The fourth-order valence-electron chi connectivity index (χ4n) is 1.38. The minimum absolute atomic E-state index is 0. The Balaban J connectivity index is -0.000000845. The van der Waals surface area contributed by atoms with Gasteiger partial charge in [-0.1, -0.05) is 26.2 Å². The van der Waals surface area contributed by atoms with Crippen LogP contribution in [0.1, 0.15) is 46.5 Å². The van der Waals surface area contributed by atoms with E-state index in [2.05, 4.69) is 27.2 Å². The van der Waals surface area contributed by atoms with E-state index in [0.717, 1.165) is 32.0 Å². The van der Waals surface area contributed by atoms with Crippen molar-refractivity contribution in [3.8, 4) is 0 Å². The Kier molecular flexibility index (Phi) is 25.4. The maximum absolute atomic E-state index is 5.33. The molecule has 0 radical (unpaired) electrons. The molecular weight excluding hydrogens is 236 g/mol. The SMILES string of the molecule is C[CH-]CC(C)CCCOCOCCC.[Cl-].[Mg+2]. The van der Waals surface area contributed by atoms with Gasteiger partial charge in [-0.3, -0.25) is 0 Å². The van der Waals surface area contributed by atoms with Gasteiger partial charge in [0.1, 0.15) is 6.79 Å². The largest absolute Gasteiger partial charge is 2.00 e. The maximum atomic E-state index is 5.33. The van der Waals surface area contributed by atoms with Crippen molar-refractivity contribution < 1.29 is 21.9 Å². The normalized spacial score (nSPS) is 11.4. The summed E-state index contributed by atoms with van der Waals surface area (Å²) in [7, 11) is 0.